The van der Waals surface area contributed by atoms with Crippen LogP contribution in [0.5, 0.6) is 0 Å². The molecule has 0 fully saturated rings. The molecular formula is C14H11NO. The van der Waals surface area contributed by atoms with Crippen molar-refractivity contribution in [1.82, 2.24) is 0 Å². The van der Waals surface area contributed by atoms with Gasteiger partial charge < -0.3 is 5.73 Å². The predicted molar refractivity (Wildman–Crippen MR) is 63.7 cm³/mol. The highest BCUT2D eigenvalue weighted by atomic mass is 16.1. The normalized spacial score (nSPS) is 13.3. The summed E-state index contributed by atoms with van der Waals surface area (Å²) in [6.07, 6.45) is 3.81. The highest BCUT2D eigenvalue weighted by Gasteiger charge is 2.06. The van der Waals surface area contributed by atoms with Crippen molar-refractivity contribution < 1.29 is 4.79 Å². The number of hydrogen-bond acceptors (Lipinski definition) is 1. The van der Waals surface area contributed by atoms with Crippen LogP contribution in [-0.4, -0.2) is 5.91 Å². The maximum Gasteiger partial charge on any atom is 0.248 e. The maximum absolute atomic E-state index is 10.9. The van der Waals surface area contributed by atoms with Crippen molar-refractivity contribution in [3.63, 3.8) is 0 Å². The van der Waals surface area contributed by atoms with Gasteiger partial charge in [-0.25, -0.2) is 0 Å². The van der Waals surface area contributed by atoms with E-state index in [1.54, 1.807) is 12.1 Å². The lowest BCUT2D eigenvalue weighted by Gasteiger charge is -2.06. The first-order valence-corrected chi connectivity index (χ1v) is 4.97. The van der Waals surface area contributed by atoms with E-state index in [-0.39, 0.29) is 0 Å². The molecule has 2 nitrogen and oxygen atoms in total. The molecule has 16 heavy (non-hydrogen) atoms. The SMILES string of the molecule is CC1=CC=C=C=C1c1ccc(C(N)=O)cc1. The van der Waals surface area contributed by atoms with Gasteiger partial charge >= 0.3 is 0 Å². The molecule has 0 atom stereocenters. The number of carbonyl (C=O) groups is 1. The highest BCUT2D eigenvalue weighted by molar-refractivity contribution is 5.93. The zero-order valence-electron chi connectivity index (χ0n) is 8.95. The van der Waals surface area contributed by atoms with E-state index in [0.29, 0.717) is 5.56 Å². The quantitative estimate of drug-likeness (QED) is 0.747. The van der Waals surface area contributed by atoms with Gasteiger partial charge in [0.2, 0.25) is 5.91 Å². The lowest BCUT2D eigenvalue weighted by Crippen LogP contribution is -2.10. The fourth-order valence-corrected chi connectivity index (χ4v) is 1.56. The molecule has 1 aliphatic rings. The van der Waals surface area contributed by atoms with E-state index in [0.717, 1.165) is 16.7 Å². The minimum absolute atomic E-state index is 0.410. The van der Waals surface area contributed by atoms with E-state index >= 15 is 0 Å². The van der Waals surface area contributed by atoms with Gasteiger partial charge in [-0.1, -0.05) is 23.6 Å². The molecule has 0 aliphatic heterocycles. The number of amides is 1. The van der Waals surface area contributed by atoms with Gasteiger partial charge in [0, 0.05) is 11.1 Å². The van der Waals surface area contributed by atoms with Crippen LogP contribution in [0.1, 0.15) is 22.8 Å². The zero-order chi connectivity index (χ0) is 11.5. The van der Waals surface area contributed by atoms with Crippen molar-refractivity contribution in [2.24, 2.45) is 5.73 Å². The number of hydrogen-bond donors (Lipinski definition) is 1. The Kier molecular flexibility index (Phi) is 2.61. The monoisotopic (exact) mass is 209 g/mol. The van der Waals surface area contributed by atoms with E-state index in [1.807, 2.05) is 31.2 Å². The van der Waals surface area contributed by atoms with Gasteiger partial charge in [0.05, 0.1) is 0 Å². The molecular weight excluding hydrogens is 198 g/mol. The first-order valence-electron chi connectivity index (χ1n) is 4.97. The zero-order valence-corrected chi connectivity index (χ0v) is 8.95. The third-order valence-electron chi connectivity index (χ3n) is 2.47. The molecule has 0 saturated heterocycles. The Labute approximate surface area is 94.1 Å². The van der Waals surface area contributed by atoms with Gasteiger partial charge in [0.1, 0.15) is 0 Å². The van der Waals surface area contributed by atoms with Crippen molar-refractivity contribution in [1.29, 1.82) is 0 Å². The molecule has 2 N–H and O–H groups in total. The lowest BCUT2D eigenvalue weighted by molar-refractivity contribution is 0.100. The molecule has 1 amide bonds. The van der Waals surface area contributed by atoms with Gasteiger partial charge in [-0.2, -0.15) is 0 Å². The number of primary amides is 1. The topological polar surface area (TPSA) is 43.1 Å². The number of carbonyl (C=O) groups excluding carboxylic acids is 1. The standard InChI is InChI=1S/C14H11NO/c1-10-4-2-3-5-13(10)11-6-8-12(9-7-11)14(15)16/h2,4,6-9H,1H3,(H2,15,16). The molecule has 1 aromatic rings. The van der Waals surface area contributed by atoms with Crippen LogP contribution in [0.3, 0.4) is 0 Å². The van der Waals surface area contributed by atoms with E-state index in [1.165, 1.54) is 0 Å². The van der Waals surface area contributed by atoms with Gasteiger partial charge in [-0.3, -0.25) is 4.79 Å². The molecule has 0 unspecified atom stereocenters. The fraction of sp³-hybridized carbons (Fsp3) is 0.0714. The van der Waals surface area contributed by atoms with Crippen LogP contribution in [0.15, 0.2) is 53.5 Å². The van der Waals surface area contributed by atoms with Crippen molar-refractivity contribution >= 4 is 11.5 Å². The second kappa shape index (κ2) is 4.08. The van der Waals surface area contributed by atoms with E-state index in [2.05, 4.69) is 11.5 Å². The summed E-state index contributed by atoms with van der Waals surface area (Å²) in [5.41, 5.74) is 14.8. The van der Waals surface area contributed by atoms with Crippen molar-refractivity contribution in [2.75, 3.05) is 0 Å². The Balaban J connectivity index is 2.44. The number of nitrogens with two attached hydrogens (primary N) is 1. The van der Waals surface area contributed by atoms with Gasteiger partial charge in [-0.05, 0) is 42.3 Å². The van der Waals surface area contributed by atoms with Crippen molar-refractivity contribution in [3.05, 3.63) is 64.6 Å². The lowest BCUT2D eigenvalue weighted by atomic mass is 9.97. The van der Waals surface area contributed by atoms with Crippen LogP contribution in [0.25, 0.3) is 5.57 Å². The summed E-state index contributed by atoms with van der Waals surface area (Å²) in [4.78, 5) is 10.9. The Hall–Kier alpha value is -2.27. The van der Waals surface area contributed by atoms with E-state index in [4.69, 9.17) is 5.73 Å². The minimum atomic E-state index is -0.410. The molecule has 2 rings (SSSR count). The molecule has 0 radical (unpaired) electrons. The first kappa shape index (κ1) is 10.3. The average molecular weight is 209 g/mol. The smallest absolute Gasteiger partial charge is 0.248 e. The molecule has 0 aromatic heterocycles. The minimum Gasteiger partial charge on any atom is -0.366 e. The summed E-state index contributed by atoms with van der Waals surface area (Å²) in [6.45, 7) is 2.02. The van der Waals surface area contributed by atoms with Crippen molar-refractivity contribution in [3.8, 4) is 0 Å². The summed E-state index contributed by atoms with van der Waals surface area (Å²) in [5.74, 6) is -0.410. The second-order valence-corrected chi connectivity index (χ2v) is 3.60. The Morgan fingerprint density at radius 1 is 1.25 bits per heavy atom. The summed E-state index contributed by atoms with van der Waals surface area (Å²) < 4.78 is 0. The Morgan fingerprint density at radius 3 is 2.50 bits per heavy atom. The first-order chi connectivity index (χ1) is 7.68. The van der Waals surface area contributed by atoms with Crippen LogP contribution >= 0.6 is 0 Å². The molecule has 0 spiro atoms. The molecule has 1 aromatic carbocycles. The van der Waals surface area contributed by atoms with Crippen LogP contribution in [-0.2, 0) is 0 Å². The number of rotatable bonds is 2. The van der Waals surface area contributed by atoms with Gasteiger partial charge in [0.15, 0.2) is 0 Å². The molecule has 0 bridgehead atoms. The maximum atomic E-state index is 10.9. The molecule has 78 valence electrons. The van der Waals surface area contributed by atoms with E-state index < -0.39 is 5.91 Å². The predicted octanol–water partition coefficient (Wildman–Crippen LogP) is 2.44. The Morgan fingerprint density at radius 2 is 1.94 bits per heavy atom. The largest absolute Gasteiger partial charge is 0.366 e. The third-order valence-corrected chi connectivity index (χ3v) is 2.47. The van der Waals surface area contributed by atoms with Crippen LogP contribution in [0.2, 0.25) is 0 Å². The number of benzene rings is 1. The third kappa shape index (κ3) is 1.89. The fourth-order valence-electron chi connectivity index (χ4n) is 1.56. The van der Waals surface area contributed by atoms with Crippen LogP contribution < -0.4 is 5.73 Å². The molecule has 0 heterocycles. The van der Waals surface area contributed by atoms with Crippen LogP contribution in [0, 0.1) is 0 Å². The van der Waals surface area contributed by atoms with Crippen molar-refractivity contribution in [2.45, 2.75) is 6.92 Å². The summed E-state index contributed by atoms with van der Waals surface area (Å²) >= 11 is 0. The van der Waals surface area contributed by atoms with E-state index in [9.17, 15) is 4.79 Å². The molecule has 1 aliphatic carbocycles. The summed E-state index contributed by atoms with van der Waals surface area (Å²) in [5, 5.41) is 0. The number of allylic oxidation sites excluding steroid dienone is 4. The molecule has 2 heteroatoms. The summed E-state index contributed by atoms with van der Waals surface area (Å²) in [7, 11) is 0. The Bertz CT molecular complexity index is 563. The highest BCUT2D eigenvalue weighted by Crippen LogP contribution is 2.23. The van der Waals surface area contributed by atoms with Gasteiger partial charge in [-0.15, -0.1) is 0 Å². The average Bonchev–Trinajstić information content (AvgIpc) is 2.30. The van der Waals surface area contributed by atoms with Crippen LogP contribution in [0.4, 0.5) is 0 Å². The van der Waals surface area contributed by atoms with Gasteiger partial charge in [0.25, 0.3) is 0 Å². The molecule has 0 saturated carbocycles. The summed E-state index contributed by atoms with van der Waals surface area (Å²) in [6, 6.07) is 7.18. The second-order valence-electron chi connectivity index (χ2n) is 3.60.